The summed E-state index contributed by atoms with van der Waals surface area (Å²) in [6.45, 7) is 1.51. The molecule has 1 rings (SSSR count). The molecule has 0 aromatic rings. The maximum Gasteiger partial charge on any atom is 0.277 e. The normalized spacial score (nSPS) is 38.5. The number of hydrogen-bond acceptors (Lipinski definition) is 4. The van der Waals surface area contributed by atoms with Crippen LogP contribution in [0.15, 0.2) is 0 Å². The molecule has 0 amide bonds. The van der Waals surface area contributed by atoms with Crippen molar-refractivity contribution in [2.75, 3.05) is 13.2 Å². The number of nitrogens with zero attached hydrogens (tertiary/aromatic N) is 1. The lowest BCUT2D eigenvalue weighted by molar-refractivity contribution is -0.572. The van der Waals surface area contributed by atoms with Crippen LogP contribution in [0, 0.1) is 10.1 Å². The van der Waals surface area contributed by atoms with E-state index >= 15 is 0 Å². The van der Waals surface area contributed by atoms with Gasteiger partial charge in [0.25, 0.3) is 13.3 Å². The SMILES string of the molecule is CC1([N+](=O)[O-])COP(Cl)OC1. The molecule has 64 valence electrons. The molecule has 0 aromatic heterocycles. The first-order valence-corrected chi connectivity index (χ1v) is 4.99. The van der Waals surface area contributed by atoms with E-state index in [-0.39, 0.29) is 13.2 Å². The van der Waals surface area contributed by atoms with Crippen molar-refractivity contribution < 1.29 is 14.0 Å². The summed E-state index contributed by atoms with van der Waals surface area (Å²) < 4.78 is 9.64. The Morgan fingerprint density at radius 2 is 2.09 bits per heavy atom. The molecule has 1 saturated heterocycles. The summed E-state index contributed by atoms with van der Waals surface area (Å²) in [5.74, 6) is 0. The highest BCUT2D eigenvalue weighted by atomic mass is 35.7. The highest BCUT2D eigenvalue weighted by Crippen LogP contribution is 2.48. The molecular formula is C4H7ClNO4P. The Labute approximate surface area is 69.5 Å². The van der Waals surface area contributed by atoms with Gasteiger partial charge in [-0.25, -0.2) is 0 Å². The average molecular weight is 200 g/mol. The number of hydrogen-bond donors (Lipinski definition) is 0. The van der Waals surface area contributed by atoms with E-state index in [2.05, 4.69) is 0 Å². The van der Waals surface area contributed by atoms with Crippen molar-refractivity contribution in [3.63, 3.8) is 0 Å². The molecule has 1 aliphatic rings. The fourth-order valence-corrected chi connectivity index (χ4v) is 1.69. The van der Waals surface area contributed by atoms with E-state index in [1.54, 1.807) is 0 Å². The minimum absolute atomic E-state index is 0.0230. The highest BCUT2D eigenvalue weighted by Gasteiger charge is 2.43. The van der Waals surface area contributed by atoms with Crippen LogP contribution < -0.4 is 0 Å². The molecular weight excluding hydrogens is 192 g/mol. The second-order valence-electron chi connectivity index (χ2n) is 2.51. The van der Waals surface area contributed by atoms with E-state index in [0.29, 0.717) is 0 Å². The Bertz CT molecular complexity index is 169. The molecule has 0 atom stereocenters. The van der Waals surface area contributed by atoms with Crippen LogP contribution in [0.2, 0.25) is 0 Å². The van der Waals surface area contributed by atoms with Crippen LogP contribution in [-0.2, 0) is 9.05 Å². The summed E-state index contributed by atoms with van der Waals surface area (Å²) in [5.41, 5.74) is -1.13. The first kappa shape index (κ1) is 9.13. The topological polar surface area (TPSA) is 61.6 Å². The molecule has 0 spiro atoms. The molecule has 1 aliphatic heterocycles. The third-order valence-corrected chi connectivity index (χ3v) is 2.64. The van der Waals surface area contributed by atoms with E-state index in [0.717, 1.165) is 0 Å². The van der Waals surface area contributed by atoms with E-state index in [1.807, 2.05) is 0 Å². The highest BCUT2D eigenvalue weighted by molar-refractivity contribution is 7.76. The zero-order valence-electron chi connectivity index (χ0n) is 5.82. The van der Waals surface area contributed by atoms with E-state index in [1.165, 1.54) is 6.92 Å². The fraction of sp³-hybridized carbons (Fsp3) is 1.00. The molecule has 1 fully saturated rings. The van der Waals surface area contributed by atoms with E-state index < -0.39 is 18.2 Å². The maximum absolute atomic E-state index is 10.4. The van der Waals surface area contributed by atoms with Crippen molar-refractivity contribution in [2.45, 2.75) is 12.5 Å². The number of nitro groups is 1. The van der Waals surface area contributed by atoms with Crippen molar-refractivity contribution in [1.82, 2.24) is 0 Å². The molecule has 7 heteroatoms. The van der Waals surface area contributed by atoms with Gasteiger partial charge in [0.2, 0.25) is 0 Å². The van der Waals surface area contributed by atoms with Crippen LogP contribution in [0.3, 0.4) is 0 Å². The molecule has 1 heterocycles. The Morgan fingerprint density at radius 3 is 2.45 bits per heavy atom. The predicted octanol–water partition coefficient (Wildman–Crippen LogP) is 1.53. The monoisotopic (exact) mass is 199 g/mol. The molecule has 0 saturated carbocycles. The summed E-state index contributed by atoms with van der Waals surface area (Å²) in [4.78, 5) is 9.98. The van der Waals surface area contributed by atoms with Crippen molar-refractivity contribution in [3.05, 3.63) is 10.1 Å². The lowest BCUT2D eigenvalue weighted by Gasteiger charge is -2.26. The summed E-state index contributed by atoms with van der Waals surface area (Å²) in [6.07, 6.45) is 0. The molecule has 0 aliphatic carbocycles. The van der Waals surface area contributed by atoms with Gasteiger partial charge in [-0.1, -0.05) is 0 Å². The summed E-state index contributed by atoms with van der Waals surface area (Å²) >= 11 is 5.45. The summed E-state index contributed by atoms with van der Waals surface area (Å²) in [5, 5.41) is 10.4. The number of halogens is 1. The van der Waals surface area contributed by atoms with Crippen LogP contribution in [0.25, 0.3) is 0 Å². The summed E-state index contributed by atoms with van der Waals surface area (Å²) in [7, 11) is -1.41. The predicted molar refractivity (Wildman–Crippen MR) is 40.1 cm³/mol. The van der Waals surface area contributed by atoms with Crippen molar-refractivity contribution in [3.8, 4) is 0 Å². The minimum atomic E-state index is -1.41. The van der Waals surface area contributed by atoms with Gasteiger partial charge in [0.1, 0.15) is 13.2 Å². The van der Waals surface area contributed by atoms with Crippen molar-refractivity contribution in [2.24, 2.45) is 0 Å². The van der Waals surface area contributed by atoms with Crippen LogP contribution in [0.1, 0.15) is 6.92 Å². The number of rotatable bonds is 1. The first-order chi connectivity index (χ1) is 5.04. The molecule has 0 N–H and O–H groups in total. The third kappa shape index (κ3) is 1.99. The second-order valence-corrected chi connectivity index (χ2v) is 4.28. The molecule has 11 heavy (non-hydrogen) atoms. The fourth-order valence-electron chi connectivity index (χ4n) is 0.564. The van der Waals surface area contributed by atoms with Gasteiger partial charge in [-0.3, -0.25) is 10.1 Å². The molecule has 0 unspecified atom stereocenters. The minimum Gasteiger partial charge on any atom is -0.314 e. The Morgan fingerprint density at radius 1 is 1.64 bits per heavy atom. The van der Waals surface area contributed by atoms with Gasteiger partial charge < -0.3 is 9.05 Å². The third-order valence-electron chi connectivity index (χ3n) is 1.39. The van der Waals surface area contributed by atoms with Crippen molar-refractivity contribution >= 4 is 19.0 Å². The second kappa shape index (κ2) is 3.19. The molecule has 0 bridgehead atoms. The van der Waals surface area contributed by atoms with E-state index in [4.69, 9.17) is 20.3 Å². The average Bonchev–Trinajstić information content (AvgIpc) is 1.95. The molecule has 0 radical (unpaired) electrons. The molecule has 5 nitrogen and oxygen atoms in total. The Kier molecular flexibility index (Phi) is 2.65. The van der Waals surface area contributed by atoms with Crippen molar-refractivity contribution in [1.29, 1.82) is 0 Å². The van der Waals surface area contributed by atoms with Gasteiger partial charge in [0.15, 0.2) is 0 Å². The maximum atomic E-state index is 10.4. The van der Waals surface area contributed by atoms with Crippen LogP contribution in [0.4, 0.5) is 0 Å². The van der Waals surface area contributed by atoms with Gasteiger partial charge in [0, 0.05) is 11.8 Å². The van der Waals surface area contributed by atoms with Crippen LogP contribution in [-0.4, -0.2) is 23.7 Å². The lowest BCUT2D eigenvalue weighted by atomic mass is 10.1. The van der Waals surface area contributed by atoms with Gasteiger partial charge in [-0.15, -0.1) is 0 Å². The largest absolute Gasteiger partial charge is 0.314 e. The van der Waals surface area contributed by atoms with Crippen LogP contribution in [0.5, 0.6) is 0 Å². The standard InChI is InChI=1S/C4H7ClNO4P/c1-4(6(7)8)2-9-11(5)10-3-4/h2-3H2,1H3. The van der Waals surface area contributed by atoms with Gasteiger partial charge >= 0.3 is 0 Å². The molecule has 0 aromatic carbocycles. The quantitative estimate of drug-likeness (QED) is 0.365. The van der Waals surface area contributed by atoms with E-state index in [9.17, 15) is 10.1 Å². The first-order valence-electron chi connectivity index (χ1n) is 2.91. The Balaban J connectivity index is 2.55. The Hall–Kier alpha value is 0.0400. The smallest absolute Gasteiger partial charge is 0.277 e. The zero-order valence-corrected chi connectivity index (χ0v) is 7.47. The lowest BCUT2D eigenvalue weighted by Crippen LogP contribution is -2.45. The van der Waals surface area contributed by atoms with Crippen LogP contribution >= 0.6 is 19.0 Å². The van der Waals surface area contributed by atoms with Gasteiger partial charge in [-0.2, -0.15) is 0 Å². The van der Waals surface area contributed by atoms with Gasteiger partial charge in [0.05, 0.1) is 0 Å². The van der Waals surface area contributed by atoms with Gasteiger partial charge in [-0.05, 0) is 11.2 Å². The summed E-state index contributed by atoms with van der Waals surface area (Å²) in [6, 6.07) is 0. The zero-order chi connectivity index (χ0) is 8.48.